The van der Waals surface area contributed by atoms with E-state index in [0.717, 1.165) is 42.9 Å². The molecule has 0 amide bonds. The first-order valence-corrected chi connectivity index (χ1v) is 8.52. The lowest BCUT2D eigenvalue weighted by molar-refractivity contribution is 0.395. The summed E-state index contributed by atoms with van der Waals surface area (Å²) in [6.45, 7) is 3.56. The Hall–Kier alpha value is -2.60. The number of halogens is 1. The molecule has 25 heavy (non-hydrogen) atoms. The highest BCUT2D eigenvalue weighted by Gasteiger charge is 2.20. The van der Waals surface area contributed by atoms with Crippen molar-refractivity contribution in [1.82, 2.24) is 15.0 Å². The first-order chi connectivity index (χ1) is 12.2. The van der Waals surface area contributed by atoms with Crippen LogP contribution in [-0.2, 0) is 0 Å². The van der Waals surface area contributed by atoms with Gasteiger partial charge in [-0.2, -0.15) is 4.98 Å². The Balaban J connectivity index is 1.54. The number of piperazine rings is 1. The van der Waals surface area contributed by atoms with Crippen LogP contribution in [0.4, 0.5) is 11.5 Å². The zero-order valence-electron chi connectivity index (χ0n) is 13.9. The van der Waals surface area contributed by atoms with Gasteiger partial charge in [-0.3, -0.25) is 9.97 Å². The van der Waals surface area contributed by atoms with E-state index in [1.807, 2.05) is 24.4 Å². The van der Waals surface area contributed by atoms with Crippen molar-refractivity contribution in [3.8, 4) is 5.88 Å². The van der Waals surface area contributed by atoms with Crippen LogP contribution in [0.25, 0.3) is 10.9 Å². The van der Waals surface area contributed by atoms with E-state index >= 15 is 0 Å². The smallest absolute Gasteiger partial charge is 0.233 e. The van der Waals surface area contributed by atoms with Crippen molar-refractivity contribution in [3.05, 3.63) is 47.9 Å². The van der Waals surface area contributed by atoms with Crippen LogP contribution in [0.5, 0.6) is 5.88 Å². The lowest BCUT2D eigenvalue weighted by Crippen LogP contribution is -2.47. The van der Waals surface area contributed by atoms with Crippen molar-refractivity contribution in [2.24, 2.45) is 0 Å². The molecule has 1 aliphatic heterocycles. The molecule has 1 fully saturated rings. The molecule has 0 atom stereocenters. The molecule has 3 aromatic rings. The number of hydrogen-bond acceptors (Lipinski definition) is 6. The maximum absolute atomic E-state index is 6.09. The number of aromatic nitrogens is 3. The lowest BCUT2D eigenvalue weighted by atomic mass is 10.1. The summed E-state index contributed by atoms with van der Waals surface area (Å²) in [5.41, 5.74) is 2.11. The summed E-state index contributed by atoms with van der Waals surface area (Å²) in [4.78, 5) is 17.7. The Labute approximate surface area is 151 Å². The topological polar surface area (TPSA) is 54.4 Å². The molecule has 4 rings (SSSR count). The van der Waals surface area contributed by atoms with Crippen LogP contribution in [0.3, 0.4) is 0 Å². The number of rotatable bonds is 3. The van der Waals surface area contributed by atoms with Crippen molar-refractivity contribution in [2.75, 3.05) is 43.1 Å². The highest BCUT2D eigenvalue weighted by atomic mass is 35.5. The van der Waals surface area contributed by atoms with Crippen LogP contribution >= 0.6 is 11.6 Å². The van der Waals surface area contributed by atoms with Gasteiger partial charge in [0.05, 0.1) is 25.0 Å². The SMILES string of the molecule is COc1cncc(N2CCN(c3ccnc4cc(Cl)ccc34)CC2)n1. The number of ether oxygens (including phenoxy) is 1. The van der Waals surface area contributed by atoms with E-state index in [2.05, 4.69) is 30.8 Å². The normalized spacial score (nSPS) is 14.8. The van der Waals surface area contributed by atoms with E-state index in [4.69, 9.17) is 16.3 Å². The maximum Gasteiger partial charge on any atom is 0.233 e. The van der Waals surface area contributed by atoms with E-state index in [9.17, 15) is 0 Å². The first kappa shape index (κ1) is 15.9. The molecule has 0 spiro atoms. The average molecular weight is 356 g/mol. The van der Waals surface area contributed by atoms with Gasteiger partial charge in [0.25, 0.3) is 0 Å². The van der Waals surface area contributed by atoms with Gasteiger partial charge in [-0.1, -0.05) is 11.6 Å². The van der Waals surface area contributed by atoms with Gasteiger partial charge < -0.3 is 14.5 Å². The average Bonchev–Trinajstić information content (AvgIpc) is 2.67. The maximum atomic E-state index is 6.09. The monoisotopic (exact) mass is 355 g/mol. The number of pyridine rings is 1. The van der Waals surface area contributed by atoms with Crippen molar-refractivity contribution in [3.63, 3.8) is 0 Å². The fourth-order valence-corrected chi connectivity index (χ4v) is 3.31. The predicted octanol–water partition coefficient (Wildman–Crippen LogP) is 3.01. The standard InChI is InChI=1S/C18H18ClN5O/c1-25-18-12-20-11-17(22-18)24-8-6-23(7-9-24)16-4-5-21-15-10-13(19)2-3-14(15)16/h2-5,10-12H,6-9H2,1H3. The number of methoxy groups -OCH3 is 1. The summed E-state index contributed by atoms with van der Waals surface area (Å²) in [6, 6.07) is 7.93. The first-order valence-electron chi connectivity index (χ1n) is 8.15. The Morgan fingerprint density at radius 1 is 1.04 bits per heavy atom. The molecule has 7 heteroatoms. The lowest BCUT2D eigenvalue weighted by Gasteiger charge is -2.37. The molecular weight excluding hydrogens is 338 g/mol. The molecule has 0 radical (unpaired) electrons. The molecule has 0 bridgehead atoms. The van der Waals surface area contributed by atoms with Crippen molar-refractivity contribution in [2.45, 2.75) is 0 Å². The van der Waals surface area contributed by atoms with E-state index in [0.29, 0.717) is 10.9 Å². The molecule has 1 aliphatic rings. The number of hydrogen-bond donors (Lipinski definition) is 0. The molecular formula is C18H18ClN5O. The van der Waals surface area contributed by atoms with Crippen LogP contribution in [0.2, 0.25) is 5.02 Å². The molecule has 128 valence electrons. The molecule has 0 saturated carbocycles. The second-order valence-corrected chi connectivity index (χ2v) is 6.32. The van der Waals surface area contributed by atoms with E-state index < -0.39 is 0 Å². The second-order valence-electron chi connectivity index (χ2n) is 5.89. The Morgan fingerprint density at radius 2 is 1.84 bits per heavy atom. The third-order valence-electron chi connectivity index (χ3n) is 4.43. The molecule has 0 aliphatic carbocycles. The Kier molecular flexibility index (Phi) is 4.28. The van der Waals surface area contributed by atoms with Gasteiger partial charge >= 0.3 is 0 Å². The molecule has 0 N–H and O–H groups in total. The highest BCUT2D eigenvalue weighted by Crippen LogP contribution is 2.28. The van der Waals surface area contributed by atoms with Crippen molar-refractivity contribution in [1.29, 1.82) is 0 Å². The summed E-state index contributed by atoms with van der Waals surface area (Å²) >= 11 is 6.09. The van der Waals surface area contributed by atoms with Gasteiger partial charge in [-0.05, 0) is 24.3 Å². The molecule has 2 aromatic heterocycles. The third kappa shape index (κ3) is 3.17. The second kappa shape index (κ2) is 6.72. The summed E-state index contributed by atoms with van der Waals surface area (Å²) in [5, 5.41) is 1.83. The van der Waals surface area contributed by atoms with Crippen LogP contribution in [0, 0.1) is 0 Å². The van der Waals surface area contributed by atoms with Crippen LogP contribution in [0.1, 0.15) is 0 Å². The number of anilines is 2. The molecule has 3 heterocycles. The van der Waals surface area contributed by atoms with E-state index in [1.54, 1.807) is 19.5 Å². The van der Waals surface area contributed by atoms with Crippen LogP contribution < -0.4 is 14.5 Å². The summed E-state index contributed by atoms with van der Waals surface area (Å²) in [6.07, 6.45) is 5.24. The van der Waals surface area contributed by atoms with Crippen molar-refractivity contribution < 1.29 is 4.74 Å². The zero-order chi connectivity index (χ0) is 17.2. The minimum Gasteiger partial charge on any atom is -0.480 e. The van der Waals surface area contributed by atoms with Gasteiger partial charge in [0, 0.05) is 48.5 Å². The fourth-order valence-electron chi connectivity index (χ4n) is 3.15. The van der Waals surface area contributed by atoms with E-state index in [-0.39, 0.29) is 0 Å². The van der Waals surface area contributed by atoms with Gasteiger partial charge in [0.1, 0.15) is 0 Å². The zero-order valence-corrected chi connectivity index (χ0v) is 14.6. The molecule has 6 nitrogen and oxygen atoms in total. The molecule has 0 unspecified atom stereocenters. The minimum absolute atomic E-state index is 0.539. The van der Waals surface area contributed by atoms with Gasteiger partial charge in [-0.15, -0.1) is 0 Å². The summed E-state index contributed by atoms with van der Waals surface area (Å²) < 4.78 is 5.17. The van der Waals surface area contributed by atoms with E-state index in [1.165, 1.54) is 5.69 Å². The summed E-state index contributed by atoms with van der Waals surface area (Å²) in [5.74, 6) is 1.39. The van der Waals surface area contributed by atoms with Gasteiger partial charge in [-0.25, -0.2) is 0 Å². The third-order valence-corrected chi connectivity index (χ3v) is 4.67. The largest absolute Gasteiger partial charge is 0.480 e. The van der Waals surface area contributed by atoms with Crippen LogP contribution in [0.15, 0.2) is 42.9 Å². The van der Waals surface area contributed by atoms with Gasteiger partial charge in [0.15, 0.2) is 5.82 Å². The van der Waals surface area contributed by atoms with Crippen molar-refractivity contribution >= 4 is 34.0 Å². The Morgan fingerprint density at radius 3 is 2.64 bits per heavy atom. The van der Waals surface area contributed by atoms with Crippen LogP contribution in [-0.4, -0.2) is 48.2 Å². The number of fused-ring (bicyclic) bond motifs is 1. The fraction of sp³-hybridized carbons (Fsp3) is 0.278. The quantitative estimate of drug-likeness (QED) is 0.720. The Bertz CT molecular complexity index is 896. The molecule has 1 saturated heterocycles. The number of benzene rings is 1. The predicted molar refractivity (Wildman–Crippen MR) is 99.8 cm³/mol. The molecule has 1 aromatic carbocycles. The minimum atomic E-state index is 0.539. The highest BCUT2D eigenvalue weighted by molar-refractivity contribution is 6.31. The van der Waals surface area contributed by atoms with Gasteiger partial charge in [0.2, 0.25) is 5.88 Å². The number of nitrogens with zero attached hydrogens (tertiary/aromatic N) is 5. The summed E-state index contributed by atoms with van der Waals surface area (Å²) in [7, 11) is 1.60.